The third kappa shape index (κ3) is 31.6. The molecule has 30 heavy (non-hydrogen) atoms. The van der Waals surface area contributed by atoms with Crippen LogP contribution in [0.25, 0.3) is 5.32 Å². The van der Waals surface area contributed by atoms with E-state index in [1.807, 2.05) is 0 Å². The second-order valence-corrected chi connectivity index (χ2v) is 6.74. The van der Waals surface area contributed by atoms with Crippen LogP contribution in [0.1, 0.15) is 41.5 Å². The normalized spacial score (nSPS) is 15.9. The van der Waals surface area contributed by atoms with Crippen LogP contribution in [0.4, 0.5) is 0 Å². The Morgan fingerprint density at radius 2 is 1.63 bits per heavy atom. The van der Waals surface area contributed by atoms with Gasteiger partial charge >= 0.3 is 19.5 Å². The van der Waals surface area contributed by atoms with Crippen molar-refractivity contribution in [3.05, 3.63) is 41.7 Å². The monoisotopic (exact) mass is 515 g/mol. The molecule has 1 saturated heterocycles. The molecule has 2 heterocycles. The van der Waals surface area contributed by atoms with Gasteiger partial charge in [-0.1, -0.05) is 27.7 Å². The van der Waals surface area contributed by atoms with Crippen molar-refractivity contribution in [2.45, 2.75) is 47.6 Å². The first-order valence-electron chi connectivity index (χ1n) is 9.87. The van der Waals surface area contributed by atoms with Crippen LogP contribution in [-0.4, -0.2) is 89.6 Å². The molecule has 2 rings (SSSR count). The molecule has 177 valence electrons. The molecule has 1 atom stereocenters. The summed E-state index contributed by atoms with van der Waals surface area (Å²) in [5.74, 6) is 0.373. The third-order valence-electron chi connectivity index (χ3n) is 3.27. The fraction of sp³-hybridized carbons (Fsp3) is 0.682. The fourth-order valence-corrected chi connectivity index (χ4v) is 1.86. The summed E-state index contributed by atoms with van der Waals surface area (Å²) in [6.07, 6.45) is 5.07. The Bertz CT molecular complexity index is 461. The van der Waals surface area contributed by atoms with Gasteiger partial charge < -0.3 is 30.4 Å². The Morgan fingerprint density at radius 1 is 1.17 bits per heavy atom. The minimum atomic E-state index is -0.537. The molecular formula is C22H45N4O3Ru+2. The smallest absolute Gasteiger partial charge is 0.660 e. The van der Waals surface area contributed by atoms with Crippen molar-refractivity contribution in [1.29, 1.82) is 0 Å². The molecule has 1 radical (unpaired) electrons. The van der Waals surface area contributed by atoms with E-state index in [0.717, 1.165) is 26.2 Å². The number of likely N-dealkylation sites (N-methyl/N-ethyl adjacent to an activating group) is 2. The van der Waals surface area contributed by atoms with Gasteiger partial charge in [0.05, 0.1) is 18.1 Å². The number of rotatable bonds is 1. The molecule has 0 saturated carbocycles. The van der Waals surface area contributed by atoms with Crippen molar-refractivity contribution in [3.8, 4) is 5.75 Å². The van der Waals surface area contributed by atoms with Crippen LogP contribution in [0.3, 0.4) is 0 Å². The van der Waals surface area contributed by atoms with Gasteiger partial charge in [-0.15, -0.1) is 13.1 Å². The van der Waals surface area contributed by atoms with Gasteiger partial charge in [-0.05, 0) is 59.2 Å². The molecule has 1 fully saturated rings. The van der Waals surface area contributed by atoms with Crippen LogP contribution < -0.4 is 0 Å². The van der Waals surface area contributed by atoms with E-state index < -0.39 is 6.10 Å². The van der Waals surface area contributed by atoms with Crippen molar-refractivity contribution in [2.24, 2.45) is 0 Å². The van der Waals surface area contributed by atoms with Gasteiger partial charge in [-0.3, -0.25) is 4.98 Å². The molecule has 8 heteroatoms. The van der Waals surface area contributed by atoms with E-state index in [4.69, 9.17) is 15.3 Å². The van der Waals surface area contributed by atoms with Crippen LogP contribution in [0.5, 0.6) is 5.75 Å². The zero-order valence-electron chi connectivity index (χ0n) is 18.9. The molecule has 3 N–H and O–H groups in total. The summed E-state index contributed by atoms with van der Waals surface area (Å²) in [7, 11) is 4.32. The zero-order valence-corrected chi connectivity index (χ0v) is 20.6. The van der Waals surface area contributed by atoms with E-state index in [2.05, 4.69) is 48.0 Å². The molecule has 0 bridgehead atoms. The standard InChI is InChI=1S/C8H18N3.C5H5NO.C5H10O2.C3H8.CH4.Ru/c1-10-5-3-9-4-6-11(2)8-7-10;7-5-2-1-3-6-4-5;1-4(6)3-5(2)7;1-3-2;;/h3-8H2,1-2H3;1-4,7H;3-4,6-7H,1-2H3;3H2,1-2H3;1H4;/q-1;;;;;+3. The van der Waals surface area contributed by atoms with Crippen LogP contribution >= 0.6 is 0 Å². The minimum Gasteiger partial charge on any atom is -0.660 e. The number of hydrogen-bond donors (Lipinski definition) is 3. The summed E-state index contributed by atoms with van der Waals surface area (Å²) in [5, 5.41) is 29.9. The van der Waals surface area contributed by atoms with E-state index in [0.29, 0.717) is 0 Å². The molecule has 1 unspecified atom stereocenters. The number of aromatic hydroxyl groups is 1. The van der Waals surface area contributed by atoms with Crippen LogP contribution in [0.2, 0.25) is 0 Å². The maximum Gasteiger partial charge on any atom is 3.00 e. The number of pyridine rings is 1. The number of aliphatic hydroxyl groups is 2. The van der Waals surface area contributed by atoms with Gasteiger partial charge in [0.15, 0.2) is 0 Å². The predicted molar refractivity (Wildman–Crippen MR) is 125 cm³/mol. The van der Waals surface area contributed by atoms with Gasteiger partial charge in [0.1, 0.15) is 5.75 Å². The van der Waals surface area contributed by atoms with E-state index in [1.165, 1.54) is 38.7 Å². The van der Waals surface area contributed by atoms with Crippen molar-refractivity contribution in [2.75, 3.05) is 53.4 Å². The molecule has 1 aliphatic rings. The maximum atomic E-state index is 8.57. The first-order valence-corrected chi connectivity index (χ1v) is 9.87. The molecule has 1 aliphatic heterocycles. The number of aromatic nitrogens is 1. The van der Waals surface area contributed by atoms with E-state index >= 15 is 0 Å². The van der Waals surface area contributed by atoms with Crippen LogP contribution in [0, 0.1) is 0 Å². The van der Waals surface area contributed by atoms with Crippen molar-refractivity contribution < 1.29 is 34.8 Å². The first kappa shape index (κ1) is 36.3. The molecular weight excluding hydrogens is 469 g/mol. The Labute approximate surface area is 198 Å². The Hall–Kier alpha value is -1.05. The topological polar surface area (TPSA) is 94.2 Å². The molecule has 1 aromatic rings. The number of allylic oxidation sites excluding steroid dienone is 1. The zero-order chi connectivity index (χ0) is 21.8. The molecule has 0 spiro atoms. The van der Waals surface area contributed by atoms with Crippen molar-refractivity contribution in [3.63, 3.8) is 0 Å². The molecule has 0 aliphatic carbocycles. The number of nitrogens with zero attached hydrogens (tertiary/aromatic N) is 4. The summed E-state index contributed by atoms with van der Waals surface area (Å²) in [6.45, 7) is 13.9. The fourth-order valence-electron chi connectivity index (χ4n) is 1.86. The van der Waals surface area contributed by atoms with Gasteiger partial charge in [-0.25, -0.2) is 0 Å². The number of hydrogen-bond acceptors (Lipinski definition) is 6. The first-order chi connectivity index (χ1) is 13.2. The quantitative estimate of drug-likeness (QED) is 0.389. The minimum absolute atomic E-state index is 0. The van der Waals surface area contributed by atoms with Gasteiger partial charge in [-0.2, -0.15) is 0 Å². The van der Waals surface area contributed by atoms with Gasteiger partial charge in [0, 0.05) is 19.3 Å². The van der Waals surface area contributed by atoms with E-state index in [1.54, 1.807) is 25.3 Å². The van der Waals surface area contributed by atoms with Crippen molar-refractivity contribution >= 4 is 0 Å². The summed E-state index contributed by atoms with van der Waals surface area (Å²) in [6, 6.07) is 3.25. The number of aliphatic hydroxyl groups excluding tert-OH is 2. The maximum absolute atomic E-state index is 8.57. The summed E-state index contributed by atoms with van der Waals surface area (Å²) in [4.78, 5) is 8.31. The van der Waals surface area contributed by atoms with Crippen molar-refractivity contribution in [1.82, 2.24) is 14.8 Å². The van der Waals surface area contributed by atoms with E-state index in [9.17, 15) is 0 Å². The molecule has 0 aromatic carbocycles. The largest absolute Gasteiger partial charge is 3.00 e. The van der Waals surface area contributed by atoms with Gasteiger partial charge in [0.25, 0.3) is 0 Å². The van der Waals surface area contributed by atoms with E-state index in [-0.39, 0.29) is 38.4 Å². The average molecular weight is 515 g/mol. The van der Waals surface area contributed by atoms with Gasteiger partial charge in [0.2, 0.25) is 0 Å². The van der Waals surface area contributed by atoms with Crippen LogP contribution in [-0.2, 0) is 19.5 Å². The second-order valence-electron chi connectivity index (χ2n) is 6.74. The molecule has 0 amide bonds. The summed E-state index contributed by atoms with van der Waals surface area (Å²) in [5.41, 5.74) is 0. The second kappa shape index (κ2) is 26.0. The summed E-state index contributed by atoms with van der Waals surface area (Å²) < 4.78 is 0. The van der Waals surface area contributed by atoms with Crippen LogP contribution in [0.15, 0.2) is 36.4 Å². The Kier molecular flexibility index (Phi) is 31.5. The summed E-state index contributed by atoms with van der Waals surface area (Å²) >= 11 is 0. The molecule has 7 nitrogen and oxygen atoms in total. The third-order valence-corrected chi connectivity index (χ3v) is 3.27. The average Bonchev–Trinajstić information content (AvgIpc) is 2.69. The predicted octanol–water partition coefficient (Wildman–Crippen LogP) is 3.90. The molecule has 1 aromatic heterocycles. The Morgan fingerprint density at radius 3 is 1.87 bits per heavy atom. The SMILES string of the molecule is C.CC(O)=CC(C)O.CCC.CN1CC[N-]CCN(C)CC1.Oc1cccnc1.[Ru+3]. The Balaban J connectivity index is -0.000000158.